The van der Waals surface area contributed by atoms with Crippen molar-refractivity contribution in [3.8, 4) is 17.2 Å². The monoisotopic (exact) mass is 308 g/mol. The highest BCUT2D eigenvalue weighted by Gasteiger charge is 2.18. The molecule has 0 unspecified atom stereocenters. The van der Waals surface area contributed by atoms with Crippen LogP contribution < -0.4 is 15.2 Å². The van der Waals surface area contributed by atoms with Crippen LogP contribution in [-0.2, 0) is 6.54 Å². The number of hydrogen-bond acceptors (Lipinski definition) is 5. The lowest BCUT2D eigenvalue weighted by Crippen LogP contribution is -1.97. The zero-order valence-corrected chi connectivity index (χ0v) is 12.0. The number of halogens is 1. The average molecular weight is 309 g/mol. The third-order valence-electron chi connectivity index (χ3n) is 2.81. The Morgan fingerprint density at radius 2 is 1.95 bits per heavy atom. The van der Waals surface area contributed by atoms with E-state index in [0.717, 1.165) is 5.56 Å². The van der Waals surface area contributed by atoms with Crippen LogP contribution in [0.4, 0.5) is 5.69 Å². The summed E-state index contributed by atoms with van der Waals surface area (Å²) in [4.78, 5) is 10.5. The Kier molecular flexibility index (Phi) is 4.62. The summed E-state index contributed by atoms with van der Waals surface area (Å²) in [5, 5.41) is 11.4. The standard InChI is InChI=1S/C14H13ClN2O4/c1-20-10-3-5-14(12(7-10)17(18)19)21-13-4-2-9(8-16)6-11(13)15/h2-7H,8,16H2,1H3. The Morgan fingerprint density at radius 3 is 2.52 bits per heavy atom. The Bertz CT molecular complexity index is 676. The van der Waals surface area contributed by atoms with E-state index < -0.39 is 4.92 Å². The van der Waals surface area contributed by atoms with E-state index in [-0.39, 0.29) is 11.4 Å². The van der Waals surface area contributed by atoms with E-state index in [4.69, 9.17) is 26.8 Å². The van der Waals surface area contributed by atoms with Gasteiger partial charge in [0.1, 0.15) is 11.5 Å². The first-order chi connectivity index (χ1) is 10.0. The van der Waals surface area contributed by atoms with Crippen molar-refractivity contribution < 1.29 is 14.4 Å². The maximum atomic E-state index is 11.1. The van der Waals surface area contributed by atoms with Gasteiger partial charge in [-0.3, -0.25) is 10.1 Å². The number of methoxy groups -OCH3 is 1. The van der Waals surface area contributed by atoms with E-state index in [1.54, 1.807) is 24.3 Å². The predicted molar refractivity (Wildman–Crippen MR) is 79.1 cm³/mol. The molecule has 2 aromatic rings. The normalized spacial score (nSPS) is 10.2. The summed E-state index contributed by atoms with van der Waals surface area (Å²) in [5.41, 5.74) is 6.16. The largest absolute Gasteiger partial charge is 0.496 e. The number of rotatable bonds is 5. The Hall–Kier alpha value is -2.31. The lowest BCUT2D eigenvalue weighted by Gasteiger charge is -2.10. The van der Waals surface area contributed by atoms with Crippen molar-refractivity contribution in [3.05, 3.63) is 57.1 Å². The van der Waals surface area contributed by atoms with Gasteiger partial charge in [-0.1, -0.05) is 17.7 Å². The maximum Gasteiger partial charge on any atom is 0.315 e. The number of nitro groups is 1. The molecule has 0 radical (unpaired) electrons. The van der Waals surface area contributed by atoms with E-state index >= 15 is 0 Å². The van der Waals surface area contributed by atoms with Crippen LogP contribution in [0.1, 0.15) is 5.56 Å². The fourth-order valence-electron chi connectivity index (χ4n) is 1.73. The van der Waals surface area contributed by atoms with Crippen LogP contribution in [0.15, 0.2) is 36.4 Å². The Labute approximate surface area is 126 Å². The zero-order chi connectivity index (χ0) is 15.4. The predicted octanol–water partition coefficient (Wildman–Crippen LogP) is 3.51. The van der Waals surface area contributed by atoms with E-state index in [1.807, 2.05) is 0 Å². The molecule has 7 heteroatoms. The van der Waals surface area contributed by atoms with Gasteiger partial charge in [0.2, 0.25) is 5.75 Å². The fourth-order valence-corrected chi connectivity index (χ4v) is 1.97. The second-order valence-corrected chi connectivity index (χ2v) is 4.57. The summed E-state index contributed by atoms with van der Waals surface area (Å²) in [6, 6.07) is 9.35. The van der Waals surface area contributed by atoms with Crippen molar-refractivity contribution in [1.82, 2.24) is 0 Å². The molecule has 0 fully saturated rings. The van der Waals surface area contributed by atoms with E-state index in [0.29, 0.717) is 23.1 Å². The molecule has 0 aliphatic carbocycles. The summed E-state index contributed by atoms with van der Waals surface area (Å²) < 4.78 is 10.5. The molecule has 0 bridgehead atoms. The molecule has 0 heterocycles. The maximum absolute atomic E-state index is 11.1. The van der Waals surface area contributed by atoms with Gasteiger partial charge < -0.3 is 15.2 Å². The van der Waals surface area contributed by atoms with Gasteiger partial charge in [-0.25, -0.2) is 0 Å². The highest BCUT2D eigenvalue weighted by molar-refractivity contribution is 6.32. The highest BCUT2D eigenvalue weighted by atomic mass is 35.5. The molecule has 0 amide bonds. The quantitative estimate of drug-likeness (QED) is 0.674. The van der Waals surface area contributed by atoms with Crippen LogP contribution >= 0.6 is 11.6 Å². The molecule has 21 heavy (non-hydrogen) atoms. The first-order valence-electron chi connectivity index (χ1n) is 6.04. The van der Waals surface area contributed by atoms with Gasteiger partial charge in [-0.2, -0.15) is 0 Å². The molecule has 0 spiro atoms. The van der Waals surface area contributed by atoms with Crippen LogP contribution in [0.2, 0.25) is 5.02 Å². The molecule has 110 valence electrons. The third kappa shape index (κ3) is 3.42. The van der Waals surface area contributed by atoms with Crippen LogP contribution in [0.3, 0.4) is 0 Å². The molecule has 2 aromatic carbocycles. The van der Waals surface area contributed by atoms with Crippen LogP contribution in [-0.4, -0.2) is 12.0 Å². The molecular weight excluding hydrogens is 296 g/mol. The van der Waals surface area contributed by atoms with Crippen molar-refractivity contribution in [2.45, 2.75) is 6.54 Å². The van der Waals surface area contributed by atoms with Gasteiger partial charge in [-0.15, -0.1) is 0 Å². The van der Waals surface area contributed by atoms with Crippen molar-refractivity contribution in [2.75, 3.05) is 7.11 Å². The molecule has 0 aliphatic heterocycles. The van der Waals surface area contributed by atoms with Gasteiger partial charge in [-0.05, 0) is 29.8 Å². The van der Waals surface area contributed by atoms with Crippen LogP contribution in [0, 0.1) is 10.1 Å². The van der Waals surface area contributed by atoms with Gasteiger partial charge in [0.05, 0.1) is 23.1 Å². The summed E-state index contributed by atoms with van der Waals surface area (Å²) in [7, 11) is 1.43. The lowest BCUT2D eigenvalue weighted by molar-refractivity contribution is -0.385. The van der Waals surface area contributed by atoms with Crippen molar-refractivity contribution in [2.24, 2.45) is 5.73 Å². The van der Waals surface area contributed by atoms with Crippen molar-refractivity contribution >= 4 is 17.3 Å². The lowest BCUT2D eigenvalue weighted by atomic mass is 10.2. The minimum atomic E-state index is -0.542. The van der Waals surface area contributed by atoms with Crippen LogP contribution in [0.25, 0.3) is 0 Å². The second-order valence-electron chi connectivity index (χ2n) is 4.16. The Balaban J connectivity index is 2.37. The number of nitrogens with zero attached hydrogens (tertiary/aromatic N) is 1. The molecular formula is C14H13ClN2O4. The third-order valence-corrected chi connectivity index (χ3v) is 3.11. The zero-order valence-electron chi connectivity index (χ0n) is 11.2. The number of ether oxygens (including phenoxy) is 2. The fraction of sp³-hybridized carbons (Fsp3) is 0.143. The molecule has 0 aromatic heterocycles. The minimum Gasteiger partial charge on any atom is -0.496 e. The topological polar surface area (TPSA) is 87.6 Å². The molecule has 6 nitrogen and oxygen atoms in total. The molecule has 0 saturated heterocycles. The summed E-state index contributed by atoms with van der Waals surface area (Å²) in [6.07, 6.45) is 0. The Morgan fingerprint density at radius 1 is 1.24 bits per heavy atom. The summed E-state index contributed by atoms with van der Waals surface area (Å²) >= 11 is 6.07. The van der Waals surface area contributed by atoms with Crippen molar-refractivity contribution in [3.63, 3.8) is 0 Å². The summed E-state index contributed by atoms with van der Waals surface area (Å²) in [5.74, 6) is 0.781. The number of nitro benzene ring substituents is 1. The highest BCUT2D eigenvalue weighted by Crippen LogP contribution is 2.37. The second kappa shape index (κ2) is 6.43. The van der Waals surface area contributed by atoms with Gasteiger partial charge in [0.15, 0.2) is 0 Å². The van der Waals surface area contributed by atoms with Crippen molar-refractivity contribution in [1.29, 1.82) is 0 Å². The smallest absolute Gasteiger partial charge is 0.315 e. The van der Waals surface area contributed by atoms with Gasteiger partial charge >= 0.3 is 5.69 Å². The average Bonchev–Trinajstić information content (AvgIpc) is 2.49. The minimum absolute atomic E-state index is 0.0863. The summed E-state index contributed by atoms with van der Waals surface area (Å²) in [6.45, 7) is 0.350. The SMILES string of the molecule is COc1ccc(Oc2ccc(CN)cc2Cl)c([N+](=O)[O-])c1. The molecule has 0 saturated carbocycles. The molecule has 0 aliphatic rings. The number of benzene rings is 2. The number of hydrogen-bond donors (Lipinski definition) is 1. The first-order valence-corrected chi connectivity index (χ1v) is 6.41. The van der Waals surface area contributed by atoms with Gasteiger partial charge in [0.25, 0.3) is 0 Å². The molecule has 2 rings (SSSR count). The van der Waals surface area contributed by atoms with E-state index in [2.05, 4.69) is 0 Å². The first kappa shape index (κ1) is 15.1. The molecule has 0 atom stereocenters. The molecule has 2 N–H and O–H groups in total. The van der Waals surface area contributed by atoms with Gasteiger partial charge in [0, 0.05) is 6.54 Å². The van der Waals surface area contributed by atoms with E-state index in [9.17, 15) is 10.1 Å². The van der Waals surface area contributed by atoms with Crippen LogP contribution in [0.5, 0.6) is 17.2 Å². The number of nitrogens with two attached hydrogens (primary N) is 1. The van der Waals surface area contributed by atoms with E-state index in [1.165, 1.54) is 19.2 Å².